The van der Waals surface area contributed by atoms with Crippen molar-refractivity contribution in [3.8, 4) is 0 Å². The van der Waals surface area contributed by atoms with E-state index in [9.17, 15) is 9.59 Å². The van der Waals surface area contributed by atoms with Gasteiger partial charge in [0, 0.05) is 11.9 Å². The summed E-state index contributed by atoms with van der Waals surface area (Å²) >= 11 is 0. The fourth-order valence-corrected chi connectivity index (χ4v) is 1.72. The largest absolute Gasteiger partial charge is 0.350 e. The lowest BCUT2D eigenvalue weighted by Crippen LogP contribution is -2.33. The van der Waals surface area contributed by atoms with Gasteiger partial charge in [-0.2, -0.15) is 5.10 Å². The number of benzene rings is 1. The zero-order chi connectivity index (χ0) is 14.0. The lowest BCUT2D eigenvalue weighted by atomic mass is 9.97. The fraction of sp³-hybridized carbons (Fsp3) is 0.357. The van der Waals surface area contributed by atoms with E-state index in [1.165, 1.54) is 0 Å². The third-order valence-corrected chi connectivity index (χ3v) is 2.69. The van der Waals surface area contributed by atoms with Gasteiger partial charge in [0.15, 0.2) is 5.69 Å². The Hall–Kier alpha value is -2.17. The Morgan fingerprint density at radius 1 is 1.26 bits per heavy atom. The number of hydrogen-bond donors (Lipinski definition) is 2. The Balaban J connectivity index is 2.38. The molecule has 19 heavy (non-hydrogen) atoms. The van der Waals surface area contributed by atoms with Gasteiger partial charge in [0.2, 0.25) is 0 Å². The molecule has 0 aliphatic rings. The minimum Gasteiger partial charge on any atom is -0.350 e. The number of nitrogens with zero attached hydrogens (tertiary/aromatic N) is 1. The van der Waals surface area contributed by atoms with Gasteiger partial charge in [0.25, 0.3) is 11.5 Å². The summed E-state index contributed by atoms with van der Waals surface area (Å²) in [6, 6.07) is 6.94. The summed E-state index contributed by atoms with van der Waals surface area (Å²) in [7, 11) is 0. The van der Waals surface area contributed by atoms with Crippen molar-refractivity contribution >= 4 is 16.7 Å². The van der Waals surface area contributed by atoms with Crippen molar-refractivity contribution in [1.82, 2.24) is 15.5 Å². The normalized spacial score (nSPS) is 11.5. The molecule has 2 rings (SSSR count). The van der Waals surface area contributed by atoms with Crippen molar-refractivity contribution in [2.45, 2.75) is 20.8 Å². The van der Waals surface area contributed by atoms with Crippen LogP contribution in [-0.4, -0.2) is 22.6 Å². The standard InChI is InChI=1S/C14H17N3O2/c1-14(2,3)8-15-13(19)11-9-6-4-5-7-10(9)12(18)17-16-11/h4-7H,8H2,1-3H3,(H,15,19)(H,17,18). The molecule has 5 heteroatoms. The van der Waals surface area contributed by atoms with Gasteiger partial charge in [-0.1, -0.05) is 39.0 Å². The van der Waals surface area contributed by atoms with E-state index < -0.39 is 0 Å². The molecule has 0 aliphatic heterocycles. The van der Waals surface area contributed by atoms with Crippen molar-refractivity contribution in [2.24, 2.45) is 5.41 Å². The zero-order valence-electron chi connectivity index (χ0n) is 11.3. The van der Waals surface area contributed by atoms with Crippen molar-refractivity contribution in [3.63, 3.8) is 0 Å². The molecule has 1 heterocycles. The average Bonchev–Trinajstić information content (AvgIpc) is 2.36. The third kappa shape index (κ3) is 2.99. The molecule has 0 bridgehead atoms. The van der Waals surface area contributed by atoms with Gasteiger partial charge in [-0.15, -0.1) is 0 Å². The van der Waals surface area contributed by atoms with Crippen molar-refractivity contribution in [3.05, 3.63) is 40.3 Å². The van der Waals surface area contributed by atoms with E-state index in [1.807, 2.05) is 20.8 Å². The molecule has 0 unspecified atom stereocenters. The highest BCUT2D eigenvalue weighted by molar-refractivity contribution is 6.04. The van der Waals surface area contributed by atoms with E-state index in [1.54, 1.807) is 24.3 Å². The summed E-state index contributed by atoms with van der Waals surface area (Å²) in [4.78, 5) is 23.7. The first-order valence-corrected chi connectivity index (χ1v) is 6.14. The van der Waals surface area contributed by atoms with E-state index >= 15 is 0 Å². The molecular formula is C14H17N3O2. The van der Waals surface area contributed by atoms with Gasteiger partial charge in [0.05, 0.1) is 5.39 Å². The molecule has 2 N–H and O–H groups in total. The molecule has 0 atom stereocenters. The fourth-order valence-electron chi connectivity index (χ4n) is 1.72. The second-order valence-electron chi connectivity index (χ2n) is 5.69. The maximum absolute atomic E-state index is 12.1. The minimum atomic E-state index is -0.289. The summed E-state index contributed by atoms with van der Waals surface area (Å²) in [5.74, 6) is -0.276. The highest BCUT2D eigenvalue weighted by Crippen LogP contribution is 2.14. The van der Waals surface area contributed by atoms with Gasteiger partial charge in [-0.25, -0.2) is 5.10 Å². The molecule has 1 amide bonds. The van der Waals surface area contributed by atoms with Crippen LogP contribution in [0.5, 0.6) is 0 Å². The third-order valence-electron chi connectivity index (χ3n) is 2.69. The van der Waals surface area contributed by atoms with Crippen LogP contribution in [0.3, 0.4) is 0 Å². The summed E-state index contributed by atoms with van der Waals surface area (Å²) in [5.41, 5.74) is -0.0457. The predicted molar refractivity (Wildman–Crippen MR) is 74.2 cm³/mol. The van der Waals surface area contributed by atoms with E-state index in [0.717, 1.165) is 0 Å². The predicted octanol–water partition coefficient (Wildman–Crippen LogP) is 1.70. The molecule has 0 saturated heterocycles. The molecule has 100 valence electrons. The first kappa shape index (κ1) is 13.3. The molecule has 5 nitrogen and oxygen atoms in total. The average molecular weight is 259 g/mol. The highest BCUT2D eigenvalue weighted by atomic mass is 16.2. The second kappa shape index (κ2) is 4.84. The first-order chi connectivity index (χ1) is 8.88. The number of fused-ring (bicyclic) bond motifs is 1. The molecule has 0 saturated carbocycles. The molecular weight excluding hydrogens is 242 g/mol. The first-order valence-electron chi connectivity index (χ1n) is 6.14. The Morgan fingerprint density at radius 3 is 2.53 bits per heavy atom. The van der Waals surface area contributed by atoms with Crippen molar-refractivity contribution < 1.29 is 4.79 Å². The van der Waals surface area contributed by atoms with E-state index in [-0.39, 0.29) is 22.6 Å². The lowest BCUT2D eigenvalue weighted by molar-refractivity contribution is 0.0935. The lowest BCUT2D eigenvalue weighted by Gasteiger charge is -2.18. The van der Waals surface area contributed by atoms with Crippen LogP contribution in [0.2, 0.25) is 0 Å². The summed E-state index contributed by atoms with van der Waals surface area (Å²) in [5, 5.41) is 10.1. The van der Waals surface area contributed by atoms with E-state index in [2.05, 4.69) is 15.5 Å². The number of nitrogens with one attached hydrogen (secondary N) is 2. The number of H-pyrrole nitrogens is 1. The van der Waals surface area contributed by atoms with Crippen LogP contribution in [0.25, 0.3) is 10.8 Å². The van der Waals surface area contributed by atoms with E-state index in [4.69, 9.17) is 0 Å². The molecule has 0 aliphatic carbocycles. The Bertz CT molecular complexity index is 668. The topological polar surface area (TPSA) is 74.8 Å². The molecule has 0 spiro atoms. The maximum atomic E-state index is 12.1. The van der Waals surface area contributed by atoms with Crippen LogP contribution in [0.4, 0.5) is 0 Å². The van der Waals surface area contributed by atoms with Gasteiger partial charge in [-0.3, -0.25) is 9.59 Å². The number of hydrogen-bond acceptors (Lipinski definition) is 3. The molecule has 0 fully saturated rings. The highest BCUT2D eigenvalue weighted by Gasteiger charge is 2.16. The van der Waals surface area contributed by atoms with Crippen LogP contribution in [0.1, 0.15) is 31.3 Å². The smallest absolute Gasteiger partial charge is 0.272 e. The second-order valence-corrected chi connectivity index (χ2v) is 5.69. The van der Waals surface area contributed by atoms with Crippen LogP contribution in [0, 0.1) is 5.41 Å². The maximum Gasteiger partial charge on any atom is 0.272 e. The molecule has 2 aromatic rings. The van der Waals surface area contributed by atoms with E-state index in [0.29, 0.717) is 17.3 Å². The van der Waals surface area contributed by atoms with Crippen molar-refractivity contribution in [2.75, 3.05) is 6.54 Å². The summed E-state index contributed by atoms with van der Waals surface area (Å²) in [6.07, 6.45) is 0. The monoisotopic (exact) mass is 259 g/mol. The molecule has 1 aromatic carbocycles. The van der Waals surface area contributed by atoms with Crippen LogP contribution in [0.15, 0.2) is 29.1 Å². The summed E-state index contributed by atoms with van der Waals surface area (Å²) in [6.45, 7) is 6.64. The van der Waals surface area contributed by atoms with Gasteiger partial charge in [0.1, 0.15) is 0 Å². The number of amides is 1. The molecule has 0 radical (unpaired) electrons. The van der Waals surface area contributed by atoms with Gasteiger partial charge >= 0.3 is 0 Å². The number of carbonyl (C=O) groups is 1. The van der Waals surface area contributed by atoms with Gasteiger partial charge < -0.3 is 5.32 Å². The Kier molecular flexibility index (Phi) is 3.38. The van der Waals surface area contributed by atoms with Crippen LogP contribution in [-0.2, 0) is 0 Å². The Morgan fingerprint density at radius 2 is 1.89 bits per heavy atom. The number of aromatic nitrogens is 2. The summed E-state index contributed by atoms with van der Waals surface area (Å²) < 4.78 is 0. The number of carbonyl (C=O) groups excluding carboxylic acids is 1. The minimum absolute atomic E-state index is 0.00630. The van der Waals surface area contributed by atoms with Crippen LogP contribution >= 0.6 is 0 Å². The number of rotatable bonds is 2. The Labute approximate surface area is 111 Å². The SMILES string of the molecule is CC(C)(C)CNC(=O)c1n[nH]c(=O)c2ccccc12. The molecule has 1 aromatic heterocycles. The van der Waals surface area contributed by atoms with Gasteiger partial charge in [-0.05, 0) is 11.5 Å². The number of aromatic amines is 1. The zero-order valence-corrected chi connectivity index (χ0v) is 11.3. The van der Waals surface area contributed by atoms with Crippen molar-refractivity contribution in [1.29, 1.82) is 0 Å². The quantitative estimate of drug-likeness (QED) is 0.862. The van der Waals surface area contributed by atoms with Crippen LogP contribution < -0.4 is 10.9 Å².